The molecule has 18 heavy (non-hydrogen) atoms. The summed E-state index contributed by atoms with van der Waals surface area (Å²) in [5.41, 5.74) is 7.27. The molecule has 1 aromatic heterocycles. The van der Waals surface area contributed by atoms with E-state index in [1.165, 1.54) is 0 Å². The van der Waals surface area contributed by atoms with Crippen molar-refractivity contribution in [3.05, 3.63) is 17.6 Å². The van der Waals surface area contributed by atoms with Crippen molar-refractivity contribution in [3.63, 3.8) is 0 Å². The molecular formula is C12H21N5O. The SMILES string of the molecule is Cc1cnc(C)c(N(CCC(N)=NO)C(C)C)n1. The Labute approximate surface area is 108 Å². The Bertz CT molecular complexity index is 430. The zero-order chi connectivity index (χ0) is 13.7. The standard InChI is InChI=1S/C12H21N5O/c1-8(2)17(6-5-11(13)16-18)12-10(4)14-7-9(3)15-12/h7-8,18H,5-6H2,1-4H3,(H2,13,16). The fourth-order valence-corrected chi connectivity index (χ4v) is 1.69. The Morgan fingerprint density at radius 2 is 2.17 bits per heavy atom. The molecule has 0 aliphatic carbocycles. The van der Waals surface area contributed by atoms with Crippen LogP contribution in [0.2, 0.25) is 0 Å². The number of anilines is 1. The normalized spacial score (nSPS) is 11.9. The van der Waals surface area contributed by atoms with Gasteiger partial charge < -0.3 is 15.8 Å². The smallest absolute Gasteiger partial charge is 0.150 e. The van der Waals surface area contributed by atoms with Crippen LogP contribution in [0.1, 0.15) is 31.7 Å². The molecular weight excluding hydrogens is 230 g/mol. The average molecular weight is 251 g/mol. The minimum Gasteiger partial charge on any atom is -0.409 e. The van der Waals surface area contributed by atoms with Crippen LogP contribution in [0.15, 0.2) is 11.4 Å². The molecule has 3 N–H and O–H groups in total. The molecule has 0 aliphatic rings. The lowest BCUT2D eigenvalue weighted by Crippen LogP contribution is -2.35. The van der Waals surface area contributed by atoms with Crippen LogP contribution in [0.4, 0.5) is 5.82 Å². The number of hydrogen-bond donors (Lipinski definition) is 2. The highest BCUT2D eigenvalue weighted by atomic mass is 16.4. The minimum atomic E-state index is 0.221. The van der Waals surface area contributed by atoms with E-state index in [1.807, 2.05) is 13.8 Å². The van der Waals surface area contributed by atoms with E-state index in [2.05, 4.69) is 33.9 Å². The van der Waals surface area contributed by atoms with Gasteiger partial charge in [0, 0.05) is 25.2 Å². The lowest BCUT2D eigenvalue weighted by Gasteiger charge is -2.28. The number of aromatic nitrogens is 2. The summed E-state index contributed by atoms with van der Waals surface area (Å²) in [6, 6.07) is 0.270. The number of rotatable bonds is 5. The second-order valence-corrected chi connectivity index (χ2v) is 4.55. The monoisotopic (exact) mass is 251 g/mol. The summed E-state index contributed by atoms with van der Waals surface area (Å²) in [6.07, 6.45) is 2.24. The molecule has 0 saturated heterocycles. The van der Waals surface area contributed by atoms with Crippen LogP contribution in [0, 0.1) is 13.8 Å². The molecule has 0 aromatic carbocycles. The first-order valence-corrected chi connectivity index (χ1v) is 5.99. The fourth-order valence-electron chi connectivity index (χ4n) is 1.69. The number of nitrogens with two attached hydrogens (primary N) is 1. The number of hydrogen-bond acceptors (Lipinski definition) is 5. The van der Waals surface area contributed by atoms with Gasteiger partial charge in [-0.05, 0) is 27.7 Å². The summed E-state index contributed by atoms with van der Waals surface area (Å²) in [5, 5.41) is 11.6. The second kappa shape index (κ2) is 6.18. The van der Waals surface area contributed by atoms with Crippen molar-refractivity contribution in [2.24, 2.45) is 10.9 Å². The van der Waals surface area contributed by atoms with Crippen LogP contribution in [0.3, 0.4) is 0 Å². The van der Waals surface area contributed by atoms with E-state index >= 15 is 0 Å². The van der Waals surface area contributed by atoms with Crippen molar-refractivity contribution in [2.45, 2.75) is 40.2 Å². The van der Waals surface area contributed by atoms with Gasteiger partial charge in [-0.25, -0.2) is 4.98 Å². The van der Waals surface area contributed by atoms with Crippen molar-refractivity contribution in [1.82, 2.24) is 9.97 Å². The third kappa shape index (κ3) is 3.58. The summed E-state index contributed by atoms with van der Waals surface area (Å²) in [5.74, 6) is 1.08. The molecule has 0 atom stereocenters. The van der Waals surface area contributed by atoms with Crippen LogP contribution in [0.5, 0.6) is 0 Å². The van der Waals surface area contributed by atoms with Gasteiger partial charge in [-0.2, -0.15) is 0 Å². The highest BCUT2D eigenvalue weighted by Gasteiger charge is 2.15. The van der Waals surface area contributed by atoms with Gasteiger partial charge in [0.2, 0.25) is 0 Å². The number of aryl methyl sites for hydroxylation is 2. The van der Waals surface area contributed by atoms with Gasteiger partial charge in [0.1, 0.15) is 5.84 Å². The van der Waals surface area contributed by atoms with Gasteiger partial charge in [0.05, 0.1) is 11.4 Å². The molecule has 6 heteroatoms. The Morgan fingerprint density at radius 3 is 2.72 bits per heavy atom. The second-order valence-electron chi connectivity index (χ2n) is 4.55. The first-order chi connectivity index (χ1) is 8.45. The van der Waals surface area contributed by atoms with Crippen LogP contribution < -0.4 is 10.6 Å². The lowest BCUT2D eigenvalue weighted by molar-refractivity contribution is 0.317. The van der Waals surface area contributed by atoms with E-state index in [9.17, 15) is 0 Å². The topological polar surface area (TPSA) is 87.6 Å². The van der Waals surface area contributed by atoms with Gasteiger partial charge in [-0.1, -0.05) is 5.16 Å². The maximum atomic E-state index is 8.57. The van der Waals surface area contributed by atoms with Gasteiger partial charge >= 0.3 is 0 Å². The maximum absolute atomic E-state index is 8.57. The van der Waals surface area contributed by atoms with Gasteiger partial charge in [0.25, 0.3) is 0 Å². The van der Waals surface area contributed by atoms with Crippen LogP contribution in [-0.2, 0) is 0 Å². The predicted molar refractivity (Wildman–Crippen MR) is 72.0 cm³/mol. The molecule has 0 unspecified atom stereocenters. The Kier molecular flexibility index (Phi) is 4.88. The van der Waals surface area contributed by atoms with Gasteiger partial charge in [0.15, 0.2) is 5.82 Å². The molecule has 0 aliphatic heterocycles. The summed E-state index contributed by atoms with van der Waals surface area (Å²) >= 11 is 0. The third-order valence-electron chi connectivity index (χ3n) is 2.68. The van der Waals surface area contributed by atoms with Crippen LogP contribution in [-0.4, -0.2) is 33.6 Å². The van der Waals surface area contributed by atoms with Gasteiger partial charge in [-0.15, -0.1) is 0 Å². The van der Waals surface area contributed by atoms with Crippen molar-refractivity contribution >= 4 is 11.7 Å². The zero-order valence-corrected chi connectivity index (χ0v) is 11.4. The highest BCUT2D eigenvalue weighted by Crippen LogP contribution is 2.18. The van der Waals surface area contributed by atoms with E-state index in [0.717, 1.165) is 17.2 Å². The van der Waals surface area contributed by atoms with E-state index in [1.54, 1.807) is 6.20 Å². The van der Waals surface area contributed by atoms with E-state index in [-0.39, 0.29) is 11.9 Å². The molecule has 1 rings (SSSR count). The number of nitrogens with zero attached hydrogens (tertiary/aromatic N) is 4. The van der Waals surface area contributed by atoms with Crippen molar-refractivity contribution in [1.29, 1.82) is 0 Å². The molecule has 0 saturated carbocycles. The van der Waals surface area contributed by atoms with E-state index in [4.69, 9.17) is 10.9 Å². The largest absolute Gasteiger partial charge is 0.409 e. The Morgan fingerprint density at radius 1 is 1.50 bits per heavy atom. The molecule has 0 amide bonds. The molecule has 0 spiro atoms. The quantitative estimate of drug-likeness (QED) is 0.358. The summed E-state index contributed by atoms with van der Waals surface area (Å²) < 4.78 is 0. The van der Waals surface area contributed by atoms with Crippen molar-refractivity contribution in [3.8, 4) is 0 Å². The van der Waals surface area contributed by atoms with Gasteiger partial charge in [-0.3, -0.25) is 4.98 Å². The molecule has 6 nitrogen and oxygen atoms in total. The van der Waals surface area contributed by atoms with Crippen LogP contribution in [0.25, 0.3) is 0 Å². The lowest BCUT2D eigenvalue weighted by atomic mass is 10.2. The summed E-state index contributed by atoms with van der Waals surface area (Å²) in [6.45, 7) is 8.65. The highest BCUT2D eigenvalue weighted by molar-refractivity contribution is 5.80. The number of amidine groups is 1. The molecule has 1 aromatic rings. The first-order valence-electron chi connectivity index (χ1n) is 5.99. The summed E-state index contributed by atoms with van der Waals surface area (Å²) in [7, 11) is 0. The Balaban J connectivity index is 2.94. The van der Waals surface area contributed by atoms with Crippen molar-refractivity contribution in [2.75, 3.05) is 11.4 Å². The predicted octanol–water partition coefficient (Wildman–Crippen LogP) is 1.44. The maximum Gasteiger partial charge on any atom is 0.150 e. The minimum absolute atomic E-state index is 0.221. The molecule has 0 bridgehead atoms. The fraction of sp³-hybridized carbons (Fsp3) is 0.583. The average Bonchev–Trinajstić information content (AvgIpc) is 2.32. The van der Waals surface area contributed by atoms with E-state index < -0.39 is 0 Å². The molecule has 100 valence electrons. The van der Waals surface area contributed by atoms with Crippen molar-refractivity contribution < 1.29 is 5.21 Å². The molecule has 0 fully saturated rings. The Hall–Kier alpha value is -1.85. The van der Waals surface area contributed by atoms with Crippen LogP contribution >= 0.6 is 0 Å². The summed E-state index contributed by atoms with van der Waals surface area (Å²) in [4.78, 5) is 10.9. The third-order valence-corrected chi connectivity index (χ3v) is 2.68. The molecule has 0 radical (unpaired) electrons. The van der Waals surface area contributed by atoms with E-state index in [0.29, 0.717) is 13.0 Å². The molecule has 1 heterocycles. The number of oxime groups is 1. The zero-order valence-electron chi connectivity index (χ0n) is 11.4. The first kappa shape index (κ1) is 14.2.